The number of amides is 1. The van der Waals surface area contributed by atoms with Crippen molar-refractivity contribution in [3.63, 3.8) is 0 Å². The van der Waals surface area contributed by atoms with Crippen LogP contribution in [0.1, 0.15) is 32.1 Å². The highest BCUT2D eigenvalue weighted by molar-refractivity contribution is 7.89. The van der Waals surface area contributed by atoms with Crippen LogP contribution in [-0.4, -0.2) is 31.8 Å². The van der Waals surface area contributed by atoms with Gasteiger partial charge in [-0.05, 0) is 18.9 Å². The first kappa shape index (κ1) is 19.9. The van der Waals surface area contributed by atoms with E-state index in [0.29, 0.717) is 0 Å². The fraction of sp³-hybridized carbons (Fsp3) is 0.500. The van der Waals surface area contributed by atoms with E-state index in [0.717, 1.165) is 44.2 Å². The van der Waals surface area contributed by atoms with Crippen LogP contribution in [0.5, 0.6) is 0 Å². The number of nitrogens with one attached hydrogen (secondary N) is 2. The number of carbonyl (C=O) groups is 1. The SMILES string of the molecule is O=C(CNS(=O)(=O)c1cc([N+](=O)[O-])c(Cl)cc1Cl)NC1CCCCC1. The molecule has 1 aromatic rings. The number of sulfonamides is 1. The van der Waals surface area contributed by atoms with Gasteiger partial charge < -0.3 is 5.32 Å². The van der Waals surface area contributed by atoms with Gasteiger partial charge in [0.15, 0.2) is 0 Å². The lowest BCUT2D eigenvalue weighted by atomic mass is 9.95. The summed E-state index contributed by atoms with van der Waals surface area (Å²) in [4.78, 5) is 21.5. The van der Waals surface area contributed by atoms with Gasteiger partial charge in [0.2, 0.25) is 15.9 Å². The monoisotopic (exact) mass is 409 g/mol. The Morgan fingerprint density at radius 3 is 2.44 bits per heavy atom. The molecule has 0 unspecified atom stereocenters. The molecule has 0 saturated heterocycles. The maximum absolute atomic E-state index is 12.3. The average Bonchev–Trinajstić information content (AvgIpc) is 2.53. The topological polar surface area (TPSA) is 118 Å². The normalized spacial score (nSPS) is 15.8. The van der Waals surface area contributed by atoms with E-state index in [2.05, 4.69) is 10.0 Å². The van der Waals surface area contributed by atoms with Crippen molar-refractivity contribution >= 4 is 44.8 Å². The van der Waals surface area contributed by atoms with E-state index < -0.39 is 38.0 Å². The summed E-state index contributed by atoms with van der Waals surface area (Å²) in [5.74, 6) is -0.463. The average molecular weight is 410 g/mol. The number of hydrogen-bond acceptors (Lipinski definition) is 5. The van der Waals surface area contributed by atoms with Crippen LogP contribution < -0.4 is 10.0 Å². The Morgan fingerprint density at radius 1 is 1.20 bits per heavy atom. The van der Waals surface area contributed by atoms with Crippen LogP contribution in [0.25, 0.3) is 0 Å². The molecule has 11 heteroatoms. The third-order valence-corrected chi connectivity index (χ3v) is 6.05. The molecule has 1 aromatic carbocycles. The van der Waals surface area contributed by atoms with Crippen molar-refractivity contribution < 1.29 is 18.1 Å². The van der Waals surface area contributed by atoms with Gasteiger partial charge in [-0.25, -0.2) is 13.1 Å². The highest BCUT2D eigenvalue weighted by Gasteiger charge is 2.25. The summed E-state index contributed by atoms with van der Waals surface area (Å²) in [7, 11) is -4.21. The Hall–Kier alpha value is -1.42. The third kappa shape index (κ3) is 5.27. The highest BCUT2D eigenvalue weighted by Crippen LogP contribution is 2.33. The van der Waals surface area contributed by atoms with E-state index in [1.807, 2.05) is 0 Å². The molecule has 1 aliphatic carbocycles. The van der Waals surface area contributed by atoms with Crippen molar-refractivity contribution in [3.8, 4) is 0 Å². The molecule has 1 fully saturated rings. The van der Waals surface area contributed by atoms with Gasteiger partial charge in [-0.3, -0.25) is 14.9 Å². The zero-order valence-corrected chi connectivity index (χ0v) is 15.5. The molecule has 1 aliphatic rings. The molecule has 2 rings (SSSR count). The van der Waals surface area contributed by atoms with E-state index in [1.54, 1.807) is 0 Å². The second kappa shape index (κ2) is 8.31. The largest absolute Gasteiger partial charge is 0.352 e. The second-order valence-electron chi connectivity index (χ2n) is 5.72. The minimum Gasteiger partial charge on any atom is -0.352 e. The number of rotatable bonds is 6. The molecule has 1 saturated carbocycles. The number of nitrogens with zero attached hydrogens (tertiary/aromatic N) is 1. The molecule has 0 bridgehead atoms. The number of hydrogen-bond donors (Lipinski definition) is 2. The molecule has 138 valence electrons. The first-order chi connectivity index (χ1) is 11.7. The summed E-state index contributed by atoms with van der Waals surface area (Å²) in [6.07, 6.45) is 4.93. The predicted molar refractivity (Wildman–Crippen MR) is 93.3 cm³/mol. The molecule has 0 radical (unpaired) electrons. The smallest absolute Gasteiger partial charge is 0.289 e. The maximum atomic E-state index is 12.3. The van der Waals surface area contributed by atoms with Crippen LogP contribution >= 0.6 is 23.2 Å². The van der Waals surface area contributed by atoms with Gasteiger partial charge in [-0.2, -0.15) is 0 Å². The van der Waals surface area contributed by atoms with Crippen molar-refractivity contribution in [1.82, 2.24) is 10.0 Å². The Bertz CT molecular complexity index is 779. The fourth-order valence-corrected chi connectivity index (χ4v) is 4.44. The molecule has 0 aromatic heterocycles. The molecule has 2 N–H and O–H groups in total. The van der Waals surface area contributed by atoms with Crippen molar-refractivity contribution in [2.24, 2.45) is 0 Å². The van der Waals surface area contributed by atoms with Crippen LogP contribution in [-0.2, 0) is 14.8 Å². The fourth-order valence-electron chi connectivity index (χ4n) is 2.63. The van der Waals surface area contributed by atoms with Crippen LogP contribution in [0, 0.1) is 10.1 Å². The number of carbonyl (C=O) groups excluding carboxylic acids is 1. The van der Waals surface area contributed by atoms with Crippen molar-refractivity contribution in [3.05, 3.63) is 32.3 Å². The molecule has 0 aliphatic heterocycles. The summed E-state index contributed by atoms with van der Waals surface area (Å²) in [6.45, 7) is -0.481. The van der Waals surface area contributed by atoms with E-state index in [9.17, 15) is 23.3 Å². The number of halogens is 2. The summed E-state index contributed by atoms with van der Waals surface area (Å²) in [6, 6.07) is 1.80. The molecule has 25 heavy (non-hydrogen) atoms. The standard InChI is InChI=1S/C14H17Cl2N3O5S/c15-10-6-11(16)13(7-12(10)19(21)22)25(23,24)17-8-14(20)18-9-4-2-1-3-5-9/h6-7,9,17H,1-5,8H2,(H,18,20). The number of benzene rings is 1. The van der Waals surface area contributed by atoms with Crippen molar-refractivity contribution in [2.75, 3.05) is 6.54 Å². The first-order valence-corrected chi connectivity index (χ1v) is 9.87. The van der Waals surface area contributed by atoms with Gasteiger partial charge in [-0.15, -0.1) is 0 Å². The Balaban J connectivity index is 2.07. The van der Waals surface area contributed by atoms with Gasteiger partial charge in [0.25, 0.3) is 5.69 Å². The van der Waals surface area contributed by atoms with Crippen molar-refractivity contribution in [1.29, 1.82) is 0 Å². The first-order valence-electron chi connectivity index (χ1n) is 7.63. The third-order valence-electron chi connectivity index (χ3n) is 3.88. The molecular weight excluding hydrogens is 393 g/mol. The number of nitro groups is 1. The lowest BCUT2D eigenvalue weighted by Gasteiger charge is -2.22. The molecule has 8 nitrogen and oxygen atoms in total. The Kier molecular flexibility index (Phi) is 6.61. The van der Waals surface area contributed by atoms with Gasteiger partial charge in [0, 0.05) is 12.1 Å². The van der Waals surface area contributed by atoms with Crippen LogP contribution in [0.4, 0.5) is 5.69 Å². The lowest BCUT2D eigenvalue weighted by molar-refractivity contribution is -0.384. The zero-order valence-electron chi connectivity index (χ0n) is 13.1. The lowest BCUT2D eigenvalue weighted by Crippen LogP contribution is -2.42. The zero-order chi connectivity index (χ0) is 18.6. The van der Waals surface area contributed by atoms with Crippen molar-refractivity contribution in [2.45, 2.75) is 43.0 Å². The van der Waals surface area contributed by atoms with Gasteiger partial charge in [0.05, 0.1) is 16.5 Å². The summed E-state index contributed by atoms with van der Waals surface area (Å²) >= 11 is 11.5. The minimum absolute atomic E-state index is 0.0472. The molecular formula is C14H17Cl2N3O5S. The van der Waals surface area contributed by atoms with Crippen LogP contribution in [0.15, 0.2) is 17.0 Å². The van der Waals surface area contributed by atoms with E-state index >= 15 is 0 Å². The second-order valence-corrected chi connectivity index (χ2v) is 8.27. The predicted octanol–water partition coefficient (Wildman–Crippen LogP) is 2.63. The van der Waals surface area contributed by atoms with Crippen LogP contribution in [0.3, 0.4) is 0 Å². The molecule has 1 amide bonds. The van der Waals surface area contributed by atoms with Crippen LogP contribution in [0.2, 0.25) is 10.0 Å². The Labute approximate surface area is 155 Å². The summed E-state index contributed by atoms with van der Waals surface area (Å²) in [5.41, 5.74) is -0.585. The highest BCUT2D eigenvalue weighted by atomic mass is 35.5. The summed E-state index contributed by atoms with van der Waals surface area (Å²) < 4.78 is 26.7. The minimum atomic E-state index is -4.21. The maximum Gasteiger partial charge on any atom is 0.289 e. The molecule has 0 atom stereocenters. The molecule has 0 heterocycles. The van der Waals surface area contributed by atoms with Gasteiger partial charge in [0.1, 0.15) is 9.92 Å². The van der Waals surface area contributed by atoms with E-state index in [-0.39, 0.29) is 16.1 Å². The summed E-state index contributed by atoms with van der Waals surface area (Å²) in [5, 5.41) is 13.1. The Morgan fingerprint density at radius 2 is 1.84 bits per heavy atom. The van der Waals surface area contributed by atoms with E-state index in [1.165, 1.54) is 0 Å². The van der Waals surface area contributed by atoms with Gasteiger partial charge in [-0.1, -0.05) is 42.5 Å². The van der Waals surface area contributed by atoms with Gasteiger partial charge >= 0.3 is 0 Å². The number of nitro benzene ring substituents is 1. The molecule has 0 spiro atoms. The quantitative estimate of drug-likeness (QED) is 0.552. The van der Waals surface area contributed by atoms with E-state index in [4.69, 9.17) is 23.2 Å².